The number of nitrogens with one attached hydrogen (secondary N) is 1. The van der Waals surface area contributed by atoms with Gasteiger partial charge < -0.3 is 15.0 Å². The van der Waals surface area contributed by atoms with Crippen LogP contribution in [0.25, 0.3) is 0 Å². The first-order valence-corrected chi connectivity index (χ1v) is 12.2. The number of ether oxygens (including phenoxy) is 2. The number of anilines is 2. The second kappa shape index (κ2) is 10.1. The van der Waals surface area contributed by atoms with Gasteiger partial charge in [-0.25, -0.2) is 0 Å². The van der Waals surface area contributed by atoms with Crippen molar-refractivity contribution < 1.29 is 32.2 Å². The fourth-order valence-electron chi connectivity index (χ4n) is 5.02. The number of halogens is 3. The van der Waals surface area contributed by atoms with E-state index in [1.54, 1.807) is 17.0 Å². The summed E-state index contributed by atoms with van der Waals surface area (Å²) < 4.78 is 48.0. The Labute approximate surface area is 221 Å². The number of hydrogen-bond donors (Lipinski definition) is 1. The Balaban J connectivity index is 1.31. The predicted octanol–water partition coefficient (Wildman–Crippen LogP) is 4.85. The summed E-state index contributed by atoms with van der Waals surface area (Å²) >= 11 is 0. The fraction of sp³-hybridized carbons (Fsp3) is 0.333. The van der Waals surface area contributed by atoms with Crippen molar-refractivity contribution >= 4 is 23.2 Å². The minimum Gasteiger partial charge on any atom is -0.495 e. The Morgan fingerprint density at radius 1 is 1.18 bits per heavy atom. The lowest BCUT2D eigenvalue weighted by Crippen LogP contribution is -2.47. The highest BCUT2D eigenvalue weighted by atomic mass is 19.4. The molecule has 1 atom stereocenters. The number of carbonyl (C=O) groups is 2. The normalized spacial score (nSPS) is 20.6. The molecule has 2 amide bonds. The molecule has 0 spiro atoms. The first kappa shape index (κ1) is 26.2. The molecule has 0 unspecified atom stereocenters. The van der Waals surface area contributed by atoms with Gasteiger partial charge in [-0.3, -0.25) is 19.0 Å². The molecular weight excluding hydrogens is 515 g/mol. The van der Waals surface area contributed by atoms with Crippen molar-refractivity contribution in [2.24, 2.45) is 0 Å². The number of benzene rings is 2. The number of carbonyl (C=O) groups excluding carboxylic acids is 2. The van der Waals surface area contributed by atoms with Crippen LogP contribution in [0.4, 0.5) is 24.5 Å². The molecule has 5 rings (SSSR count). The Bertz CT molecular complexity index is 1460. The monoisotopic (exact) mass is 539 g/mol. The van der Waals surface area contributed by atoms with Gasteiger partial charge in [0.2, 0.25) is 0 Å². The summed E-state index contributed by atoms with van der Waals surface area (Å²) in [6.07, 6.45) is -3.50. The van der Waals surface area contributed by atoms with E-state index in [0.717, 1.165) is 5.56 Å². The molecule has 1 aliphatic carbocycles. The van der Waals surface area contributed by atoms with Gasteiger partial charge in [-0.05, 0) is 61.6 Å². The highest BCUT2D eigenvalue weighted by molar-refractivity contribution is 6.13. The third-order valence-corrected chi connectivity index (χ3v) is 7.01. The van der Waals surface area contributed by atoms with Gasteiger partial charge in [-0.15, -0.1) is 13.2 Å². The van der Waals surface area contributed by atoms with E-state index < -0.39 is 18.4 Å². The number of nitrogens with zero attached hydrogens (tertiary/aromatic N) is 4. The number of rotatable bonds is 6. The molecule has 3 aromatic rings. The maximum atomic E-state index is 13.6. The zero-order valence-electron chi connectivity index (χ0n) is 21.0. The number of fused-ring (bicyclic) bond motifs is 1. The molecule has 2 aliphatic rings. The highest BCUT2D eigenvalue weighted by Gasteiger charge is 2.41. The maximum Gasteiger partial charge on any atom is 0.522 e. The second-order valence-corrected chi connectivity index (χ2v) is 9.54. The number of hydrogen-bond acceptors (Lipinski definition) is 6. The SMILES string of the molecule is COc1ccc(C(=O)Nc2cnn3c2C(=O)N(c2ccc(C4CC(OC(F)(F)F)C4)cc2)[C@@H](C)C3)cc1C#N. The summed E-state index contributed by atoms with van der Waals surface area (Å²) in [5.41, 5.74) is 2.37. The summed E-state index contributed by atoms with van der Waals surface area (Å²) in [5, 5.41) is 16.3. The molecule has 2 heterocycles. The van der Waals surface area contributed by atoms with Crippen LogP contribution >= 0.6 is 0 Å². The Morgan fingerprint density at radius 2 is 1.90 bits per heavy atom. The molecular formula is C27H24F3N5O4. The first-order valence-electron chi connectivity index (χ1n) is 12.2. The Kier molecular flexibility index (Phi) is 6.78. The van der Waals surface area contributed by atoms with Crippen molar-refractivity contribution in [3.05, 3.63) is 71.0 Å². The molecule has 202 valence electrons. The van der Waals surface area contributed by atoms with Crippen molar-refractivity contribution in [2.45, 2.75) is 50.7 Å². The summed E-state index contributed by atoms with van der Waals surface area (Å²) in [4.78, 5) is 28.1. The van der Waals surface area contributed by atoms with Crippen LogP contribution in [0, 0.1) is 11.3 Å². The van der Waals surface area contributed by atoms with Crippen molar-refractivity contribution in [3.8, 4) is 11.8 Å². The third-order valence-electron chi connectivity index (χ3n) is 7.01. The Hall–Kier alpha value is -4.37. The van der Waals surface area contributed by atoms with E-state index in [2.05, 4.69) is 15.2 Å². The average molecular weight is 540 g/mol. The van der Waals surface area contributed by atoms with Gasteiger partial charge in [0, 0.05) is 11.3 Å². The van der Waals surface area contributed by atoms with Gasteiger partial charge in [0.05, 0.1) is 43.2 Å². The number of amides is 2. The van der Waals surface area contributed by atoms with E-state index in [1.807, 2.05) is 25.1 Å². The topological polar surface area (TPSA) is 109 Å². The van der Waals surface area contributed by atoms with Gasteiger partial charge in [0.15, 0.2) is 0 Å². The van der Waals surface area contributed by atoms with Crippen LogP contribution in [0.1, 0.15) is 57.7 Å². The van der Waals surface area contributed by atoms with E-state index in [4.69, 9.17) is 4.74 Å². The lowest BCUT2D eigenvalue weighted by atomic mass is 9.77. The zero-order chi connectivity index (χ0) is 27.9. The summed E-state index contributed by atoms with van der Waals surface area (Å²) in [5.74, 6) is -0.567. The molecule has 0 bridgehead atoms. The summed E-state index contributed by atoms with van der Waals surface area (Å²) in [7, 11) is 1.43. The van der Waals surface area contributed by atoms with Crippen LogP contribution < -0.4 is 15.0 Å². The standard InChI is InChI=1S/C27H24F3N5O4/c1-15-14-34-24(22(13-32-34)33-25(36)17-5-8-23(38-2)19(9-17)12-31)26(37)35(15)20-6-3-16(4-7-20)18-10-21(11-18)39-27(28,29)30/h3-9,13,15,18,21H,10-11,14H2,1-2H3,(H,33,36)/t15-,18?,21?/m0/s1. The molecule has 39 heavy (non-hydrogen) atoms. The van der Waals surface area contributed by atoms with Crippen molar-refractivity contribution in [3.63, 3.8) is 0 Å². The molecule has 2 aromatic carbocycles. The summed E-state index contributed by atoms with van der Waals surface area (Å²) in [6, 6.07) is 13.3. The molecule has 1 aromatic heterocycles. The van der Waals surface area contributed by atoms with Crippen LogP contribution in [0.15, 0.2) is 48.7 Å². The second-order valence-electron chi connectivity index (χ2n) is 9.54. The minimum absolute atomic E-state index is 0.0383. The number of aromatic nitrogens is 2. The molecule has 1 N–H and O–H groups in total. The van der Waals surface area contributed by atoms with E-state index in [1.165, 1.54) is 36.2 Å². The van der Waals surface area contributed by atoms with Crippen LogP contribution in [0.2, 0.25) is 0 Å². The van der Waals surface area contributed by atoms with Crippen molar-refractivity contribution in [1.29, 1.82) is 5.26 Å². The molecule has 0 radical (unpaired) electrons. The van der Waals surface area contributed by atoms with Gasteiger partial charge in [-0.1, -0.05) is 12.1 Å². The van der Waals surface area contributed by atoms with E-state index in [9.17, 15) is 28.0 Å². The van der Waals surface area contributed by atoms with Crippen molar-refractivity contribution in [2.75, 3.05) is 17.3 Å². The van der Waals surface area contributed by atoms with Gasteiger partial charge in [-0.2, -0.15) is 10.4 Å². The molecule has 12 heteroatoms. The molecule has 9 nitrogen and oxygen atoms in total. The van der Waals surface area contributed by atoms with Crippen LogP contribution in [-0.4, -0.2) is 47.2 Å². The van der Waals surface area contributed by atoms with E-state index in [-0.39, 0.29) is 53.2 Å². The zero-order valence-corrected chi connectivity index (χ0v) is 21.0. The van der Waals surface area contributed by atoms with Crippen molar-refractivity contribution in [1.82, 2.24) is 9.78 Å². The summed E-state index contributed by atoms with van der Waals surface area (Å²) in [6.45, 7) is 2.26. The van der Waals surface area contributed by atoms with Crippen LogP contribution in [0.5, 0.6) is 5.75 Å². The minimum atomic E-state index is -4.64. The molecule has 1 fully saturated rings. The lowest BCUT2D eigenvalue weighted by molar-refractivity contribution is -0.351. The quantitative estimate of drug-likeness (QED) is 0.480. The largest absolute Gasteiger partial charge is 0.522 e. The maximum absolute atomic E-state index is 13.6. The average Bonchev–Trinajstić information content (AvgIpc) is 3.27. The number of nitriles is 1. The lowest BCUT2D eigenvalue weighted by Gasteiger charge is -2.36. The molecule has 0 saturated heterocycles. The van der Waals surface area contributed by atoms with Gasteiger partial charge in [0.25, 0.3) is 11.8 Å². The number of alkyl halides is 3. The van der Waals surface area contributed by atoms with Crippen LogP contribution in [0.3, 0.4) is 0 Å². The third kappa shape index (κ3) is 5.18. The van der Waals surface area contributed by atoms with Gasteiger partial charge in [0.1, 0.15) is 17.5 Å². The smallest absolute Gasteiger partial charge is 0.495 e. The van der Waals surface area contributed by atoms with Gasteiger partial charge >= 0.3 is 6.36 Å². The van der Waals surface area contributed by atoms with E-state index >= 15 is 0 Å². The Morgan fingerprint density at radius 3 is 2.54 bits per heavy atom. The fourth-order valence-corrected chi connectivity index (χ4v) is 5.02. The van der Waals surface area contributed by atoms with E-state index in [0.29, 0.717) is 18.0 Å². The predicted molar refractivity (Wildman–Crippen MR) is 134 cm³/mol. The highest BCUT2D eigenvalue weighted by Crippen LogP contribution is 2.42. The van der Waals surface area contributed by atoms with Crippen LogP contribution in [-0.2, 0) is 11.3 Å². The number of methoxy groups -OCH3 is 1. The first-order chi connectivity index (χ1) is 18.6. The molecule has 1 aliphatic heterocycles. The molecule has 1 saturated carbocycles.